The van der Waals surface area contributed by atoms with Crippen molar-refractivity contribution in [3.63, 3.8) is 0 Å². The first-order chi connectivity index (χ1) is 10.8. The van der Waals surface area contributed by atoms with E-state index >= 15 is 0 Å². The van der Waals surface area contributed by atoms with Gasteiger partial charge in [-0.05, 0) is 49.1 Å². The van der Waals surface area contributed by atoms with Crippen LogP contribution in [0.3, 0.4) is 0 Å². The summed E-state index contributed by atoms with van der Waals surface area (Å²) in [5.74, 6) is 2.04. The summed E-state index contributed by atoms with van der Waals surface area (Å²) in [6.07, 6.45) is 7.68. The number of hydrogen-bond donors (Lipinski definition) is 1. The number of hydrogen-bond acceptors (Lipinski definition) is 2. The molecule has 4 rings (SSSR count). The molecule has 2 aromatic rings. The van der Waals surface area contributed by atoms with Crippen molar-refractivity contribution in [1.29, 1.82) is 0 Å². The Labute approximate surface area is 131 Å². The highest BCUT2D eigenvalue weighted by Crippen LogP contribution is 2.48. The third-order valence-electron chi connectivity index (χ3n) is 5.48. The van der Waals surface area contributed by atoms with Crippen LogP contribution in [0.4, 0.5) is 0 Å². The summed E-state index contributed by atoms with van der Waals surface area (Å²) in [5.41, 5.74) is 2.27. The van der Waals surface area contributed by atoms with E-state index in [2.05, 4.69) is 34.6 Å². The van der Waals surface area contributed by atoms with Crippen LogP contribution in [0, 0.1) is 17.8 Å². The molecule has 0 saturated heterocycles. The average molecular weight is 294 g/mol. The van der Waals surface area contributed by atoms with Gasteiger partial charge in [0.1, 0.15) is 0 Å². The summed E-state index contributed by atoms with van der Waals surface area (Å²) in [4.78, 5) is 16.8. The van der Waals surface area contributed by atoms with Gasteiger partial charge in [-0.25, -0.2) is 0 Å². The van der Waals surface area contributed by atoms with Crippen molar-refractivity contribution in [3.8, 4) is 0 Å². The molecule has 0 aliphatic heterocycles. The highest BCUT2D eigenvalue weighted by molar-refractivity contribution is 5.82. The molecule has 1 aromatic heterocycles. The lowest BCUT2D eigenvalue weighted by atomic mass is 9.88. The van der Waals surface area contributed by atoms with Gasteiger partial charge in [0.05, 0.1) is 5.52 Å². The number of benzene rings is 1. The van der Waals surface area contributed by atoms with E-state index in [9.17, 15) is 4.79 Å². The quantitative estimate of drug-likeness (QED) is 0.940. The second-order valence-corrected chi connectivity index (χ2v) is 6.81. The maximum Gasteiger partial charge on any atom is 0.223 e. The molecule has 2 aliphatic carbocycles. The van der Waals surface area contributed by atoms with Crippen LogP contribution in [-0.2, 0) is 11.2 Å². The summed E-state index contributed by atoms with van der Waals surface area (Å²) >= 11 is 0. The first kappa shape index (κ1) is 13.7. The van der Waals surface area contributed by atoms with Crippen LogP contribution < -0.4 is 5.32 Å². The number of fused-ring (bicyclic) bond motifs is 3. The van der Waals surface area contributed by atoms with E-state index in [1.165, 1.54) is 30.2 Å². The maximum atomic E-state index is 12.4. The second kappa shape index (κ2) is 5.71. The molecule has 1 aromatic carbocycles. The lowest BCUT2D eigenvalue weighted by Crippen LogP contribution is -2.34. The monoisotopic (exact) mass is 294 g/mol. The number of pyridine rings is 1. The summed E-state index contributed by atoms with van der Waals surface area (Å²) in [5, 5.41) is 4.32. The van der Waals surface area contributed by atoms with Gasteiger partial charge < -0.3 is 5.32 Å². The largest absolute Gasteiger partial charge is 0.356 e. The van der Waals surface area contributed by atoms with Gasteiger partial charge in [-0.1, -0.05) is 30.7 Å². The molecular weight excluding hydrogens is 272 g/mol. The summed E-state index contributed by atoms with van der Waals surface area (Å²) < 4.78 is 0. The van der Waals surface area contributed by atoms with E-state index in [1.807, 2.05) is 12.3 Å². The summed E-state index contributed by atoms with van der Waals surface area (Å²) in [7, 11) is 0. The molecule has 0 unspecified atom stereocenters. The standard InChI is InChI=1S/C19H22N2O/c22-19(17-12-13-6-7-16(17)11-13)21-10-8-15-4-1-3-14-5-2-9-20-18(14)15/h1-5,9,13,16-17H,6-8,10-12H2,(H,21,22)/t13-,16-,17-/m0/s1. The maximum absolute atomic E-state index is 12.4. The lowest BCUT2D eigenvalue weighted by molar-refractivity contribution is -0.126. The van der Waals surface area contributed by atoms with Crippen molar-refractivity contribution in [1.82, 2.24) is 10.3 Å². The molecule has 1 amide bonds. The van der Waals surface area contributed by atoms with Crippen molar-refractivity contribution in [2.75, 3.05) is 6.54 Å². The molecule has 0 spiro atoms. The van der Waals surface area contributed by atoms with Crippen LogP contribution in [0.2, 0.25) is 0 Å². The molecule has 2 saturated carbocycles. The number of carbonyl (C=O) groups is 1. The van der Waals surface area contributed by atoms with Crippen LogP contribution in [0.1, 0.15) is 31.2 Å². The van der Waals surface area contributed by atoms with Crippen molar-refractivity contribution in [3.05, 3.63) is 42.1 Å². The smallest absolute Gasteiger partial charge is 0.223 e. The van der Waals surface area contributed by atoms with E-state index < -0.39 is 0 Å². The molecular formula is C19H22N2O. The molecule has 3 heteroatoms. The van der Waals surface area contributed by atoms with Crippen molar-refractivity contribution in [2.24, 2.45) is 17.8 Å². The van der Waals surface area contributed by atoms with Gasteiger partial charge in [-0.2, -0.15) is 0 Å². The zero-order chi connectivity index (χ0) is 14.9. The predicted molar refractivity (Wildman–Crippen MR) is 87.4 cm³/mol. The van der Waals surface area contributed by atoms with E-state index in [4.69, 9.17) is 0 Å². The molecule has 2 fully saturated rings. The van der Waals surface area contributed by atoms with Gasteiger partial charge in [-0.3, -0.25) is 9.78 Å². The van der Waals surface area contributed by atoms with Crippen molar-refractivity contribution >= 4 is 16.8 Å². The van der Waals surface area contributed by atoms with Gasteiger partial charge >= 0.3 is 0 Å². The number of aromatic nitrogens is 1. The molecule has 1 heterocycles. The van der Waals surface area contributed by atoms with Crippen LogP contribution in [-0.4, -0.2) is 17.4 Å². The molecule has 22 heavy (non-hydrogen) atoms. The number of nitrogens with one attached hydrogen (secondary N) is 1. The Hall–Kier alpha value is -1.90. The fraction of sp³-hybridized carbons (Fsp3) is 0.474. The molecule has 3 nitrogen and oxygen atoms in total. The highest BCUT2D eigenvalue weighted by atomic mass is 16.1. The van der Waals surface area contributed by atoms with Crippen LogP contribution in [0.5, 0.6) is 0 Å². The van der Waals surface area contributed by atoms with E-state index in [0.717, 1.165) is 24.3 Å². The molecule has 3 atom stereocenters. The van der Waals surface area contributed by atoms with Crippen molar-refractivity contribution in [2.45, 2.75) is 32.1 Å². The third-order valence-corrected chi connectivity index (χ3v) is 5.48. The lowest BCUT2D eigenvalue weighted by Gasteiger charge is -2.20. The topological polar surface area (TPSA) is 42.0 Å². The van der Waals surface area contributed by atoms with Crippen LogP contribution >= 0.6 is 0 Å². The van der Waals surface area contributed by atoms with Crippen molar-refractivity contribution < 1.29 is 4.79 Å². The van der Waals surface area contributed by atoms with Gasteiger partial charge in [0.25, 0.3) is 0 Å². The number of para-hydroxylation sites is 1. The second-order valence-electron chi connectivity index (χ2n) is 6.81. The number of amides is 1. The fourth-order valence-electron chi connectivity index (χ4n) is 4.39. The van der Waals surface area contributed by atoms with E-state index in [1.54, 1.807) is 0 Å². The highest BCUT2D eigenvalue weighted by Gasteiger charge is 2.42. The Morgan fingerprint density at radius 2 is 2.09 bits per heavy atom. The Morgan fingerprint density at radius 1 is 1.18 bits per heavy atom. The zero-order valence-corrected chi connectivity index (χ0v) is 12.8. The minimum Gasteiger partial charge on any atom is -0.356 e. The molecule has 114 valence electrons. The Balaban J connectivity index is 1.37. The Bertz CT molecular complexity index is 691. The van der Waals surface area contributed by atoms with Crippen LogP contribution in [0.25, 0.3) is 10.9 Å². The van der Waals surface area contributed by atoms with Crippen LogP contribution in [0.15, 0.2) is 36.5 Å². The van der Waals surface area contributed by atoms with Gasteiger partial charge in [0.15, 0.2) is 0 Å². The minimum absolute atomic E-state index is 0.278. The molecule has 2 aliphatic rings. The first-order valence-corrected chi connectivity index (χ1v) is 8.41. The number of rotatable bonds is 4. The van der Waals surface area contributed by atoms with Gasteiger partial charge in [-0.15, -0.1) is 0 Å². The SMILES string of the molecule is O=C(NCCc1cccc2cccnc12)[C@H]1C[C@H]2CC[C@H]1C2. The number of carbonyl (C=O) groups excluding carboxylic acids is 1. The average Bonchev–Trinajstić information content (AvgIpc) is 3.18. The fourth-order valence-corrected chi connectivity index (χ4v) is 4.39. The number of nitrogens with zero attached hydrogens (tertiary/aromatic N) is 1. The predicted octanol–water partition coefficient (Wildman–Crippen LogP) is 3.33. The molecule has 1 N–H and O–H groups in total. The Morgan fingerprint density at radius 3 is 2.91 bits per heavy atom. The van der Waals surface area contributed by atoms with E-state index in [-0.39, 0.29) is 11.8 Å². The zero-order valence-electron chi connectivity index (χ0n) is 12.8. The first-order valence-electron chi connectivity index (χ1n) is 8.41. The van der Waals surface area contributed by atoms with E-state index in [0.29, 0.717) is 12.5 Å². The molecule has 2 bridgehead atoms. The van der Waals surface area contributed by atoms with Gasteiger partial charge in [0.2, 0.25) is 5.91 Å². The third kappa shape index (κ3) is 2.49. The molecule has 0 radical (unpaired) electrons. The normalized spacial score (nSPS) is 26.5. The summed E-state index contributed by atoms with van der Waals surface area (Å²) in [6, 6.07) is 10.3. The Kier molecular flexibility index (Phi) is 3.57. The minimum atomic E-state index is 0.278. The summed E-state index contributed by atoms with van der Waals surface area (Å²) in [6.45, 7) is 0.711. The van der Waals surface area contributed by atoms with Gasteiger partial charge in [0, 0.05) is 24.0 Å².